The Balaban J connectivity index is 1.40. The SMILES string of the molecule is CC(C)[C@H](NC(=O)OCc1ccccc1)C(=O)N[C@@H](Cc1ccccc1)C(=O)NCC(CNc1ccccc1)OC1CCCCO1. The Morgan fingerprint density at radius 1 is 0.804 bits per heavy atom. The molecule has 46 heavy (non-hydrogen) atoms. The number of carbonyl (C=O) groups excluding carboxylic acids is 3. The number of benzene rings is 3. The molecule has 0 saturated carbocycles. The number of anilines is 1. The minimum atomic E-state index is -0.913. The van der Waals surface area contributed by atoms with E-state index in [1.165, 1.54) is 0 Å². The number of carbonyl (C=O) groups is 3. The van der Waals surface area contributed by atoms with Gasteiger partial charge in [-0.05, 0) is 48.4 Å². The Bertz CT molecular complexity index is 1340. The standard InChI is InChI=1S/C36H46N4O6/c1-26(2)33(40-36(43)45-25-28-16-8-4-9-17-28)35(42)39-31(22-27-14-6-3-7-15-27)34(41)38-24-30(46-32-20-12-13-21-44-32)23-37-29-18-10-5-11-19-29/h3-11,14-19,26,30-33,37H,12-13,20-25H2,1-2H3,(H,38,41)(H,39,42)(H,40,43)/t30?,31-,32?,33-/m0/s1. The molecule has 0 bridgehead atoms. The van der Waals surface area contributed by atoms with Gasteiger partial charge in [0.05, 0.1) is 6.10 Å². The summed E-state index contributed by atoms with van der Waals surface area (Å²) < 4.78 is 17.4. The summed E-state index contributed by atoms with van der Waals surface area (Å²) in [4.78, 5) is 39.9. The zero-order valence-electron chi connectivity index (χ0n) is 26.7. The number of amides is 3. The quantitative estimate of drug-likeness (QED) is 0.179. The molecule has 10 heteroatoms. The van der Waals surface area contributed by atoms with E-state index in [0.717, 1.165) is 36.1 Å². The van der Waals surface area contributed by atoms with E-state index in [0.29, 0.717) is 13.2 Å². The first-order valence-electron chi connectivity index (χ1n) is 16.0. The van der Waals surface area contributed by atoms with E-state index in [4.69, 9.17) is 14.2 Å². The molecule has 4 rings (SSSR count). The van der Waals surface area contributed by atoms with Crippen LogP contribution >= 0.6 is 0 Å². The van der Waals surface area contributed by atoms with Gasteiger partial charge in [-0.2, -0.15) is 0 Å². The summed E-state index contributed by atoms with van der Waals surface area (Å²) in [7, 11) is 0. The third kappa shape index (κ3) is 11.8. The fourth-order valence-electron chi connectivity index (χ4n) is 5.07. The van der Waals surface area contributed by atoms with Gasteiger partial charge in [0, 0.05) is 31.8 Å². The summed E-state index contributed by atoms with van der Waals surface area (Å²) in [6.45, 7) is 5.02. The average Bonchev–Trinajstić information content (AvgIpc) is 3.08. The number of rotatable bonds is 16. The monoisotopic (exact) mass is 630 g/mol. The second-order valence-electron chi connectivity index (χ2n) is 11.7. The first-order valence-corrected chi connectivity index (χ1v) is 16.0. The van der Waals surface area contributed by atoms with Crippen LogP contribution in [-0.4, -0.2) is 62.1 Å². The molecule has 10 nitrogen and oxygen atoms in total. The highest BCUT2D eigenvalue weighted by molar-refractivity contribution is 5.91. The molecule has 0 aromatic heterocycles. The van der Waals surface area contributed by atoms with Gasteiger partial charge in [0.15, 0.2) is 6.29 Å². The average molecular weight is 631 g/mol. The fraction of sp³-hybridized carbons (Fsp3) is 0.417. The van der Waals surface area contributed by atoms with Gasteiger partial charge in [-0.1, -0.05) is 92.7 Å². The Hall–Kier alpha value is -4.41. The smallest absolute Gasteiger partial charge is 0.408 e. The van der Waals surface area contributed by atoms with E-state index < -0.39 is 24.1 Å². The molecule has 1 heterocycles. The summed E-state index contributed by atoms with van der Waals surface area (Å²) in [5.74, 6) is -1.09. The van der Waals surface area contributed by atoms with Crippen LogP contribution in [0.25, 0.3) is 0 Å². The zero-order chi connectivity index (χ0) is 32.6. The largest absolute Gasteiger partial charge is 0.445 e. The van der Waals surface area contributed by atoms with Crippen LogP contribution in [0, 0.1) is 5.92 Å². The Labute approximate surface area is 271 Å². The highest BCUT2D eigenvalue weighted by atomic mass is 16.7. The van der Waals surface area contributed by atoms with Crippen molar-refractivity contribution in [3.05, 3.63) is 102 Å². The second kappa shape index (κ2) is 18.5. The van der Waals surface area contributed by atoms with E-state index >= 15 is 0 Å². The molecule has 1 aliphatic heterocycles. The molecule has 3 amide bonds. The first-order chi connectivity index (χ1) is 22.4. The maximum absolute atomic E-state index is 13.7. The number of ether oxygens (including phenoxy) is 3. The minimum absolute atomic E-state index is 0.0758. The molecule has 1 fully saturated rings. The molecule has 4 N–H and O–H groups in total. The van der Waals surface area contributed by atoms with Gasteiger partial charge in [-0.25, -0.2) is 4.79 Å². The molecule has 4 atom stereocenters. The molecule has 246 valence electrons. The van der Waals surface area contributed by atoms with Crippen LogP contribution in [0.15, 0.2) is 91.0 Å². The number of nitrogens with one attached hydrogen (secondary N) is 4. The van der Waals surface area contributed by atoms with E-state index in [-0.39, 0.29) is 43.8 Å². The van der Waals surface area contributed by atoms with E-state index in [1.54, 1.807) is 0 Å². The summed E-state index contributed by atoms with van der Waals surface area (Å²) >= 11 is 0. The van der Waals surface area contributed by atoms with Crippen molar-refractivity contribution in [2.75, 3.05) is 25.0 Å². The van der Waals surface area contributed by atoms with Crippen molar-refractivity contribution in [2.24, 2.45) is 5.92 Å². The van der Waals surface area contributed by atoms with Crippen molar-refractivity contribution >= 4 is 23.6 Å². The van der Waals surface area contributed by atoms with Gasteiger partial charge in [0.25, 0.3) is 0 Å². The molecule has 1 aliphatic rings. The summed E-state index contributed by atoms with van der Waals surface area (Å²) in [5.41, 5.74) is 2.66. The van der Waals surface area contributed by atoms with Crippen LogP contribution in [0.5, 0.6) is 0 Å². The molecule has 3 aromatic carbocycles. The van der Waals surface area contributed by atoms with Crippen molar-refractivity contribution in [1.29, 1.82) is 0 Å². The van der Waals surface area contributed by atoms with Crippen LogP contribution in [0.3, 0.4) is 0 Å². The van der Waals surface area contributed by atoms with Crippen LogP contribution in [-0.2, 0) is 36.8 Å². The third-order valence-corrected chi connectivity index (χ3v) is 7.64. The van der Waals surface area contributed by atoms with Crippen LogP contribution in [0.2, 0.25) is 0 Å². The fourth-order valence-corrected chi connectivity index (χ4v) is 5.07. The minimum Gasteiger partial charge on any atom is -0.445 e. The summed E-state index contributed by atoms with van der Waals surface area (Å²) in [6.07, 6.45) is 1.64. The number of hydrogen-bond acceptors (Lipinski definition) is 7. The van der Waals surface area contributed by atoms with Gasteiger partial charge in [0.2, 0.25) is 11.8 Å². The Morgan fingerprint density at radius 3 is 2.09 bits per heavy atom. The zero-order valence-corrected chi connectivity index (χ0v) is 26.7. The number of hydrogen-bond donors (Lipinski definition) is 4. The number of para-hydroxylation sites is 1. The van der Waals surface area contributed by atoms with Gasteiger partial charge in [-0.15, -0.1) is 0 Å². The maximum Gasteiger partial charge on any atom is 0.408 e. The van der Waals surface area contributed by atoms with E-state index in [2.05, 4.69) is 21.3 Å². The van der Waals surface area contributed by atoms with Crippen LogP contribution in [0.1, 0.15) is 44.2 Å². The lowest BCUT2D eigenvalue weighted by atomic mass is 10.0. The molecule has 1 saturated heterocycles. The highest BCUT2D eigenvalue weighted by Gasteiger charge is 2.30. The van der Waals surface area contributed by atoms with Crippen molar-refractivity contribution in [1.82, 2.24) is 16.0 Å². The van der Waals surface area contributed by atoms with E-state index in [9.17, 15) is 14.4 Å². The number of alkyl carbamates (subject to hydrolysis) is 1. The lowest BCUT2D eigenvalue weighted by Gasteiger charge is -2.29. The molecular weight excluding hydrogens is 584 g/mol. The molecule has 0 aliphatic carbocycles. The summed E-state index contributed by atoms with van der Waals surface area (Å²) in [6, 6.07) is 26.7. The third-order valence-electron chi connectivity index (χ3n) is 7.64. The normalized spacial score (nSPS) is 16.5. The second-order valence-corrected chi connectivity index (χ2v) is 11.7. The van der Waals surface area contributed by atoms with Gasteiger partial charge in [0.1, 0.15) is 18.7 Å². The van der Waals surface area contributed by atoms with Gasteiger partial charge in [-0.3, -0.25) is 9.59 Å². The molecule has 2 unspecified atom stereocenters. The molecular formula is C36H46N4O6. The predicted octanol–water partition coefficient (Wildman–Crippen LogP) is 4.81. The van der Waals surface area contributed by atoms with E-state index in [1.807, 2.05) is 105 Å². The molecule has 0 radical (unpaired) electrons. The Kier molecular flexibility index (Phi) is 13.9. The lowest BCUT2D eigenvalue weighted by Crippen LogP contribution is -2.56. The maximum atomic E-state index is 13.7. The lowest BCUT2D eigenvalue weighted by molar-refractivity contribution is -0.184. The highest BCUT2D eigenvalue weighted by Crippen LogP contribution is 2.16. The topological polar surface area (TPSA) is 127 Å². The van der Waals surface area contributed by atoms with Crippen molar-refractivity contribution in [3.63, 3.8) is 0 Å². The van der Waals surface area contributed by atoms with Crippen molar-refractivity contribution in [2.45, 2.75) is 70.6 Å². The van der Waals surface area contributed by atoms with Gasteiger partial charge < -0.3 is 35.5 Å². The van der Waals surface area contributed by atoms with Crippen LogP contribution < -0.4 is 21.3 Å². The van der Waals surface area contributed by atoms with Crippen molar-refractivity contribution in [3.8, 4) is 0 Å². The molecule has 0 spiro atoms. The molecule has 3 aromatic rings. The predicted molar refractivity (Wildman–Crippen MR) is 177 cm³/mol. The first kappa shape index (κ1) is 34.5. The van der Waals surface area contributed by atoms with Crippen LogP contribution in [0.4, 0.5) is 10.5 Å². The summed E-state index contributed by atoms with van der Waals surface area (Å²) in [5, 5.41) is 11.9. The van der Waals surface area contributed by atoms with Crippen molar-refractivity contribution < 1.29 is 28.6 Å². The van der Waals surface area contributed by atoms with Gasteiger partial charge >= 0.3 is 6.09 Å². The Morgan fingerprint density at radius 2 is 1.46 bits per heavy atom.